The van der Waals surface area contributed by atoms with E-state index in [4.69, 9.17) is 8.85 Å². The van der Waals surface area contributed by atoms with Crippen LogP contribution in [0.2, 0.25) is 0 Å². The van der Waals surface area contributed by atoms with Crippen molar-refractivity contribution in [3.63, 3.8) is 0 Å². The number of ether oxygens (including phenoxy) is 1. The lowest BCUT2D eigenvalue weighted by molar-refractivity contribution is 0.107. The van der Waals surface area contributed by atoms with Gasteiger partial charge in [-0.3, -0.25) is 9.88 Å². The van der Waals surface area contributed by atoms with Crippen LogP contribution in [0.4, 0.5) is 19.0 Å². The van der Waals surface area contributed by atoms with Gasteiger partial charge in [-0.1, -0.05) is 13.0 Å². The van der Waals surface area contributed by atoms with Crippen LogP contribution in [0.3, 0.4) is 0 Å². The molecule has 2 bridgehead atoms. The second-order valence-electron chi connectivity index (χ2n) is 12.4. The molecule has 230 valence electrons. The topological polar surface area (TPSA) is 86.6 Å². The number of nitrogens with one attached hydrogen (secondary N) is 1. The standard InChI is InChI=1S/C33H35F3N6O2/c1-2-23-26(35)7-4-18-10-22(43)11-24(27(18)23)29-28(36)30-25(14-38-29)31(42-16-20-5-6-21(42)13-37-20)40-32(39-30)44-17-33-8-3-9-41(33)15-19(34)12-33/h4,7,10-11,14,19-21,37,43H,2-3,5-6,8-9,12-13,15-17H2,1H3/t19-,20?,21?,33+/m0/s1/i17D2,19D. The molecule has 2 aromatic heterocycles. The molecule has 44 heavy (non-hydrogen) atoms. The molecule has 2 aromatic carbocycles. The van der Waals surface area contributed by atoms with Crippen LogP contribution in [0, 0.1) is 11.6 Å². The van der Waals surface area contributed by atoms with Gasteiger partial charge in [0.15, 0.2) is 5.82 Å². The second kappa shape index (κ2) is 10.4. The molecule has 8 nitrogen and oxygen atoms in total. The maximum Gasteiger partial charge on any atom is 0.319 e. The lowest BCUT2D eigenvalue weighted by atomic mass is 9.92. The normalized spacial score (nSPS) is 29.6. The van der Waals surface area contributed by atoms with Gasteiger partial charge in [-0.2, -0.15) is 9.97 Å². The molecule has 0 saturated carbocycles. The van der Waals surface area contributed by atoms with Crippen LogP contribution in [0.5, 0.6) is 11.8 Å². The molecule has 5 saturated heterocycles. The van der Waals surface area contributed by atoms with Crippen molar-refractivity contribution in [2.75, 3.05) is 37.6 Å². The molecule has 11 heteroatoms. The van der Waals surface area contributed by atoms with E-state index in [-0.39, 0.29) is 54.0 Å². The fraction of sp³-hybridized carbons (Fsp3) is 0.485. The molecular weight excluding hydrogens is 569 g/mol. The smallest absolute Gasteiger partial charge is 0.319 e. The number of aromatic hydroxyl groups is 1. The highest BCUT2D eigenvalue weighted by atomic mass is 19.1. The molecule has 2 N–H and O–H groups in total. The largest absolute Gasteiger partial charge is 0.508 e. The number of piperidine rings is 2. The van der Waals surface area contributed by atoms with Gasteiger partial charge in [0.25, 0.3) is 0 Å². The SMILES string of the molecule is [2H]C([2H])(Oc1nc(N2CC3CCC2CN3)c2cnc(-c3cc(O)cc4ccc(F)c(CC)c34)c(F)c2n1)[C@]12CCCN1C[C@@]([2H])(F)C2. The number of anilines is 1. The number of phenolic OH excluding ortho intramolecular Hbond substituents is 1. The minimum atomic E-state index is -2.51. The molecule has 2 unspecified atom stereocenters. The zero-order valence-corrected chi connectivity index (χ0v) is 24.3. The predicted octanol–water partition coefficient (Wildman–Crippen LogP) is 5.29. The number of aryl methyl sites for hydroxylation is 1. The summed E-state index contributed by atoms with van der Waals surface area (Å²) in [5, 5.41) is 15.3. The number of hydrogen-bond acceptors (Lipinski definition) is 8. The Morgan fingerprint density at radius 2 is 2.11 bits per heavy atom. The zero-order valence-electron chi connectivity index (χ0n) is 27.3. The number of pyridine rings is 1. The number of hydrogen-bond donors (Lipinski definition) is 2. The Labute approximate surface area is 257 Å². The van der Waals surface area contributed by atoms with E-state index in [0.29, 0.717) is 60.0 Å². The van der Waals surface area contributed by atoms with E-state index in [9.17, 15) is 13.9 Å². The molecule has 5 aliphatic rings. The predicted molar refractivity (Wildman–Crippen MR) is 162 cm³/mol. The van der Waals surface area contributed by atoms with Gasteiger partial charge < -0.3 is 20.1 Å². The number of nitrogens with zero attached hydrogens (tertiary/aromatic N) is 5. The fourth-order valence-electron chi connectivity index (χ4n) is 7.71. The molecule has 4 aromatic rings. The first-order chi connectivity index (χ1) is 22.4. The first kappa shape index (κ1) is 24.6. The van der Waals surface area contributed by atoms with Gasteiger partial charge in [-0.05, 0) is 73.2 Å². The van der Waals surface area contributed by atoms with Crippen molar-refractivity contribution in [2.45, 2.75) is 69.2 Å². The summed E-state index contributed by atoms with van der Waals surface area (Å²) in [5.74, 6) is -1.11. The number of aromatic nitrogens is 3. The van der Waals surface area contributed by atoms with Gasteiger partial charge in [-0.25, -0.2) is 13.2 Å². The Morgan fingerprint density at radius 1 is 1.23 bits per heavy atom. The molecule has 4 atom stereocenters. The summed E-state index contributed by atoms with van der Waals surface area (Å²) in [6.45, 7) is 0.771. The van der Waals surface area contributed by atoms with Crippen molar-refractivity contribution in [3.8, 4) is 23.0 Å². The van der Waals surface area contributed by atoms with Gasteiger partial charge in [-0.15, -0.1) is 0 Å². The number of phenols is 1. The van der Waals surface area contributed by atoms with Crippen LogP contribution < -0.4 is 15.0 Å². The van der Waals surface area contributed by atoms with Crippen molar-refractivity contribution in [3.05, 3.63) is 47.7 Å². The van der Waals surface area contributed by atoms with Crippen LogP contribution in [0.1, 0.15) is 48.7 Å². The number of halogens is 3. The minimum absolute atomic E-state index is 0.0461. The quantitative estimate of drug-likeness (QED) is 0.306. The summed E-state index contributed by atoms with van der Waals surface area (Å²) < 4.78 is 79.0. The zero-order chi connectivity index (χ0) is 32.9. The maximum absolute atomic E-state index is 16.9. The highest BCUT2D eigenvalue weighted by molar-refractivity contribution is 6.01. The lowest BCUT2D eigenvalue weighted by Crippen LogP contribution is -2.61. The Morgan fingerprint density at radius 3 is 2.89 bits per heavy atom. The van der Waals surface area contributed by atoms with E-state index in [1.165, 1.54) is 30.5 Å². The lowest BCUT2D eigenvalue weighted by Gasteiger charge is -2.46. The van der Waals surface area contributed by atoms with Crippen LogP contribution in [-0.4, -0.2) is 81.5 Å². The monoisotopic (exact) mass is 607 g/mol. The second-order valence-corrected chi connectivity index (χ2v) is 12.4. The third kappa shape index (κ3) is 4.38. The molecule has 0 radical (unpaired) electrons. The van der Waals surface area contributed by atoms with Gasteiger partial charge >= 0.3 is 6.01 Å². The number of piperazine rings is 1. The van der Waals surface area contributed by atoms with Gasteiger partial charge in [0, 0.05) is 49.9 Å². The van der Waals surface area contributed by atoms with Crippen LogP contribution in [0.25, 0.3) is 32.9 Å². The highest BCUT2D eigenvalue weighted by Crippen LogP contribution is 2.42. The average molecular weight is 608 g/mol. The first-order valence-electron chi connectivity index (χ1n) is 16.8. The highest BCUT2D eigenvalue weighted by Gasteiger charge is 2.49. The number of benzene rings is 2. The molecule has 5 aliphatic heterocycles. The summed E-state index contributed by atoms with van der Waals surface area (Å²) in [4.78, 5) is 17.3. The number of rotatable bonds is 6. The Kier molecular flexibility index (Phi) is 5.84. The third-order valence-electron chi connectivity index (χ3n) is 9.83. The molecule has 0 amide bonds. The Hall–Kier alpha value is -3.70. The van der Waals surface area contributed by atoms with Crippen molar-refractivity contribution in [1.82, 2.24) is 25.2 Å². The summed E-state index contributed by atoms with van der Waals surface area (Å²) in [5.41, 5.74) is -1.19. The van der Waals surface area contributed by atoms with E-state index < -0.39 is 35.9 Å². The third-order valence-corrected chi connectivity index (χ3v) is 9.83. The molecule has 0 spiro atoms. The molecule has 0 aliphatic carbocycles. The summed E-state index contributed by atoms with van der Waals surface area (Å²) in [7, 11) is 0. The number of fused-ring (bicyclic) bond motifs is 6. The summed E-state index contributed by atoms with van der Waals surface area (Å²) >= 11 is 0. The molecule has 7 heterocycles. The van der Waals surface area contributed by atoms with Crippen molar-refractivity contribution < 1.29 is 27.1 Å². The summed E-state index contributed by atoms with van der Waals surface area (Å²) in [6.07, 6.45) is 1.84. The Balaban J connectivity index is 1.31. The Bertz CT molecular complexity index is 1920. The van der Waals surface area contributed by atoms with E-state index in [1.807, 2.05) is 0 Å². The van der Waals surface area contributed by atoms with Crippen molar-refractivity contribution in [1.29, 1.82) is 0 Å². The molecular formula is C33H35F3N6O2. The van der Waals surface area contributed by atoms with Crippen molar-refractivity contribution >= 4 is 27.5 Å². The van der Waals surface area contributed by atoms with Gasteiger partial charge in [0.05, 0.1) is 15.0 Å². The van der Waals surface area contributed by atoms with E-state index in [2.05, 4.69) is 25.2 Å². The van der Waals surface area contributed by atoms with E-state index in [0.717, 1.165) is 12.8 Å². The summed E-state index contributed by atoms with van der Waals surface area (Å²) in [6, 6.07) is 5.51. The van der Waals surface area contributed by atoms with Crippen LogP contribution >= 0.6 is 0 Å². The average Bonchev–Trinajstić information content (AvgIpc) is 3.55. The van der Waals surface area contributed by atoms with Gasteiger partial charge in [0.2, 0.25) is 0 Å². The van der Waals surface area contributed by atoms with Crippen LogP contribution in [-0.2, 0) is 6.42 Å². The minimum Gasteiger partial charge on any atom is -0.508 e. The maximum atomic E-state index is 16.9. The van der Waals surface area contributed by atoms with E-state index >= 15 is 4.39 Å². The van der Waals surface area contributed by atoms with Gasteiger partial charge in [0.1, 0.15) is 41.3 Å². The molecule has 5 fully saturated rings. The van der Waals surface area contributed by atoms with E-state index in [1.54, 1.807) is 11.8 Å². The van der Waals surface area contributed by atoms with Crippen LogP contribution in [0.15, 0.2) is 30.5 Å². The number of alkyl halides is 1. The first-order valence-corrected chi connectivity index (χ1v) is 15.3. The fourth-order valence-corrected chi connectivity index (χ4v) is 7.71. The van der Waals surface area contributed by atoms with Crippen molar-refractivity contribution in [2.24, 2.45) is 0 Å². The molecule has 9 rings (SSSR count).